The summed E-state index contributed by atoms with van der Waals surface area (Å²) in [5.41, 5.74) is 11.0. The Morgan fingerprint density at radius 3 is 2.60 bits per heavy atom. The van der Waals surface area contributed by atoms with E-state index in [1.54, 1.807) is 11.8 Å². The Hall–Kier alpha value is -1.25. The number of amides is 1. The molecule has 6 nitrogen and oxygen atoms in total. The molecule has 0 fully saturated rings. The van der Waals surface area contributed by atoms with Gasteiger partial charge in [0.25, 0.3) is 0 Å². The van der Waals surface area contributed by atoms with E-state index >= 15 is 0 Å². The monoisotopic (exact) mass is 317 g/mol. The summed E-state index contributed by atoms with van der Waals surface area (Å²) in [6, 6.07) is 3.91. The predicted octanol–water partition coefficient (Wildman–Crippen LogP) is 0.789. The first-order valence-corrected chi connectivity index (χ1v) is 8.94. The SMILES string of the molecule is CSCCCCNS(=O)(=O)c1ccc(C(N)=O)cc1N. The molecule has 0 bridgehead atoms. The third kappa shape index (κ3) is 4.69. The maximum absolute atomic E-state index is 12.1. The van der Waals surface area contributed by atoms with Gasteiger partial charge in [0.05, 0.1) is 5.69 Å². The average Bonchev–Trinajstić information content (AvgIpc) is 2.37. The number of nitrogens with one attached hydrogen (secondary N) is 1. The van der Waals surface area contributed by atoms with Crippen LogP contribution >= 0.6 is 11.8 Å². The van der Waals surface area contributed by atoms with E-state index in [0.717, 1.165) is 18.6 Å². The van der Waals surface area contributed by atoms with Crippen LogP contribution in [0.1, 0.15) is 23.2 Å². The van der Waals surface area contributed by atoms with Crippen molar-refractivity contribution in [2.24, 2.45) is 5.73 Å². The highest BCUT2D eigenvalue weighted by molar-refractivity contribution is 7.98. The first-order chi connectivity index (χ1) is 9.38. The topological polar surface area (TPSA) is 115 Å². The average molecular weight is 317 g/mol. The Kier molecular flexibility index (Phi) is 6.31. The van der Waals surface area contributed by atoms with Crippen LogP contribution in [-0.2, 0) is 10.0 Å². The van der Waals surface area contributed by atoms with Gasteiger partial charge in [-0.05, 0) is 43.0 Å². The molecule has 0 spiro atoms. The summed E-state index contributed by atoms with van der Waals surface area (Å²) >= 11 is 1.72. The van der Waals surface area contributed by atoms with Crippen LogP contribution in [0.4, 0.5) is 5.69 Å². The highest BCUT2D eigenvalue weighted by Gasteiger charge is 2.17. The number of carbonyl (C=O) groups excluding carboxylic acids is 1. The summed E-state index contributed by atoms with van der Waals surface area (Å²) in [5.74, 6) is 0.350. The van der Waals surface area contributed by atoms with E-state index in [4.69, 9.17) is 11.5 Å². The molecule has 8 heteroatoms. The van der Waals surface area contributed by atoms with E-state index in [-0.39, 0.29) is 16.1 Å². The zero-order valence-electron chi connectivity index (χ0n) is 11.3. The lowest BCUT2D eigenvalue weighted by molar-refractivity contribution is 0.1000. The molecule has 0 radical (unpaired) electrons. The standard InChI is InChI=1S/C12H19N3O3S2/c1-19-7-3-2-6-15-20(17,18)11-5-4-9(12(14)16)8-10(11)13/h4-5,8,15H,2-3,6-7,13H2,1H3,(H2,14,16). The largest absolute Gasteiger partial charge is 0.398 e. The number of sulfonamides is 1. The van der Waals surface area contributed by atoms with E-state index in [2.05, 4.69) is 4.72 Å². The van der Waals surface area contributed by atoms with Gasteiger partial charge in [-0.15, -0.1) is 0 Å². The second-order valence-electron chi connectivity index (χ2n) is 4.21. The van der Waals surface area contributed by atoms with Crippen molar-refractivity contribution in [2.45, 2.75) is 17.7 Å². The summed E-state index contributed by atoms with van der Waals surface area (Å²) in [6.07, 6.45) is 3.71. The van der Waals surface area contributed by atoms with Gasteiger partial charge >= 0.3 is 0 Å². The lowest BCUT2D eigenvalue weighted by Crippen LogP contribution is -2.26. The Morgan fingerprint density at radius 2 is 2.05 bits per heavy atom. The molecule has 0 heterocycles. The van der Waals surface area contributed by atoms with E-state index in [0.29, 0.717) is 6.54 Å². The number of unbranched alkanes of at least 4 members (excludes halogenated alkanes) is 1. The van der Waals surface area contributed by atoms with Crippen LogP contribution < -0.4 is 16.2 Å². The van der Waals surface area contributed by atoms with Gasteiger partial charge in [-0.25, -0.2) is 13.1 Å². The van der Waals surface area contributed by atoms with Gasteiger partial charge in [-0.2, -0.15) is 11.8 Å². The molecule has 0 aliphatic carbocycles. The molecule has 0 saturated heterocycles. The summed E-state index contributed by atoms with van der Waals surface area (Å²) in [5, 5.41) is 0. The number of primary amides is 1. The van der Waals surface area contributed by atoms with Crippen molar-refractivity contribution in [1.82, 2.24) is 4.72 Å². The van der Waals surface area contributed by atoms with Crippen LogP contribution in [0.3, 0.4) is 0 Å². The first kappa shape index (κ1) is 16.8. The van der Waals surface area contributed by atoms with E-state index in [1.807, 2.05) is 6.26 Å². The molecular formula is C12H19N3O3S2. The third-order valence-electron chi connectivity index (χ3n) is 2.65. The molecule has 1 aromatic carbocycles. The number of thioether (sulfide) groups is 1. The van der Waals surface area contributed by atoms with Gasteiger partial charge in [0.2, 0.25) is 15.9 Å². The second-order valence-corrected chi connectivity index (χ2v) is 6.94. The van der Waals surface area contributed by atoms with Crippen molar-refractivity contribution in [3.8, 4) is 0 Å². The van der Waals surface area contributed by atoms with Crippen LogP contribution in [0, 0.1) is 0 Å². The maximum Gasteiger partial charge on any atom is 0.248 e. The predicted molar refractivity (Wildman–Crippen MR) is 82.2 cm³/mol. The number of hydrogen-bond acceptors (Lipinski definition) is 5. The molecular weight excluding hydrogens is 298 g/mol. The van der Waals surface area contributed by atoms with Crippen molar-refractivity contribution in [1.29, 1.82) is 0 Å². The van der Waals surface area contributed by atoms with Gasteiger partial charge in [-0.1, -0.05) is 0 Å². The summed E-state index contributed by atoms with van der Waals surface area (Å²) in [6.45, 7) is 0.361. The molecule has 0 unspecified atom stereocenters. The first-order valence-electron chi connectivity index (χ1n) is 6.06. The second kappa shape index (κ2) is 7.51. The number of carbonyl (C=O) groups is 1. The highest BCUT2D eigenvalue weighted by Crippen LogP contribution is 2.19. The van der Waals surface area contributed by atoms with Crippen molar-refractivity contribution in [2.75, 3.05) is 24.3 Å². The summed E-state index contributed by atoms with van der Waals surface area (Å²) in [7, 11) is -3.65. The Labute approximate surface area is 123 Å². The Morgan fingerprint density at radius 1 is 1.35 bits per heavy atom. The minimum Gasteiger partial charge on any atom is -0.398 e. The van der Waals surface area contributed by atoms with E-state index in [1.165, 1.54) is 18.2 Å². The smallest absolute Gasteiger partial charge is 0.248 e. The molecule has 0 aliphatic rings. The molecule has 1 rings (SSSR count). The minimum atomic E-state index is -3.65. The normalized spacial score (nSPS) is 11.4. The number of hydrogen-bond donors (Lipinski definition) is 3. The quantitative estimate of drug-likeness (QED) is 0.484. The van der Waals surface area contributed by atoms with Gasteiger partial charge in [0.15, 0.2) is 0 Å². The van der Waals surface area contributed by atoms with Gasteiger partial charge in [0.1, 0.15) is 4.90 Å². The molecule has 1 aromatic rings. The Balaban J connectivity index is 2.75. The van der Waals surface area contributed by atoms with E-state index in [9.17, 15) is 13.2 Å². The van der Waals surface area contributed by atoms with Crippen LogP contribution in [0.2, 0.25) is 0 Å². The van der Waals surface area contributed by atoms with Crippen LogP contribution in [0.5, 0.6) is 0 Å². The Bertz CT molecular complexity index is 573. The lowest BCUT2D eigenvalue weighted by Gasteiger charge is -2.09. The lowest BCUT2D eigenvalue weighted by atomic mass is 10.2. The number of benzene rings is 1. The van der Waals surface area contributed by atoms with Crippen LogP contribution in [-0.4, -0.2) is 32.9 Å². The molecule has 0 atom stereocenters. The van der Waals surface area contributed by atoms with Gasteiger partial charge in [0, 0.05) is 12.1 Å². The van der Waals surface area contributed by atoms with E-state index < -0.39 is 15.9 Å². The molecule has 0 aromatic heterocycles. The number of anilines is 1. The zero-order chi connectivity index (χ0) is 15.2. The number of nitrogen functional groups attached to an aromatic ring is 1. The fraction of sp³-hybridized carbons (Fsp3) is 0.417. The van der Waals surface area contributed by atoms with Crippen molar-refractivity contribution in [3.05, 3.63) is 23.8 Å². The highest BCUT2D eigenvalue weighted by atomic mass is 32.2. The zero-order valence-corrected chi connectivity index (χ0v) is 12.9. The molecule has 112 valence electrons. The number of nitrogens with two attached hydrogens (primary N) is 2. The van der Waals surface area contributed by atoms with Gasteiger partial charge in [-0.3, -0.25) is 4.79 Å². The van der Waals surface area contributed by atoms with Crippen molar-refractivity contribution < 1.29 is 13.2 Å². The molecule has 0 aliphatic heterocycles. The summed E-state index contributed by atoms with van der Waals surface area (Å²) < 4.78 is 26.6. The molecule has 20 heavy (non-hydrogen) atoms. The third-order valence-corrected chi connectivity index (χ3v) is 4.88. The maximum atomic E-state index is 12.1. The summed E-state index contributed by atoms with van der Waals surface area (Å²) in [4.78, 5) is 11.0. The minimum absolute atomic E-state index is 0.0120. The van der Waals surface area contributed by atoms with Crippen molar-refractivity contribution >= 4 is 33.4 Å². The van der Waals surface area contributed by atoms with Crippen LogP contribution in [0.25, 0.3) is 0 Å². The molecule has 1 amide bonds. The fourth-order valence-electron chi connectivity index (χ4n) is 1.60. The number of rotatable bonds is 8. The van der Waals surface area contributed by atoms with Crippen LogP contribution in [0.15, 0.2) is 23.1 Å². The van der Waals surface area contributed by atoms with Crippen molar-refractivity contribution in [3.63, 3.8) is 0 Å². The fourth-order valence-corrected chi connectivity index (χ4v) is 3.28. The van der Waals surface area contributed by atoms with Gasteiger partial charge < -0.3 is 11.5 Å². The molecule has 0 saturated carbocycles. The molecule has 5 N–H and O–H groups in total.